The van der Waals surface area contributed by atoms with Gasteiger partial charge in [-0.25, -0.2) is 0 Å². The molecule has 2 saturated carbocycles. The number of hydrogen-bond acceptors (Lipinski definition) is 2. The van der Waals surface area contributed by atoms with Crippen molar-refractivity contribution in [2.24, 2.45) is 5.92 Å². The Morgan fingerprint density at radius 1 is 1.00 bits per heavy atom. The van der Waals surface area contributed by atoms with E-state index in [-0.39, 0.29) is 0 Å². The van der Waals surface area contributed by atoms with Gasteiger partial charge in [-0.2, -0.15) is 0 Å². The van der Waals surface area contributed by atoms with Crippen LogP contribution >= 0.6 is 0 Å². The van der Waals surface area contributed by atoms with E-state index >= 15 is 0 Å². The van der Waals surface area contributed by atoms with Crippen LogP contribution in [0, 0.1) is 5.92 Å². The molecule has 2 fully saturated rings. The lowest BCUT2D eigenvalue weighted by Gasteiger charge is -2.32. The molecule has 12 heavy (non-hydrogen) atoms. The summed E-state index contributed by atoms with van der Waals surface area (Å²) in [5.41, 5.74) is -0.712. The smallest absolute Gasteiger partial charge is 0.0933 e. The van der Waals surface area contributed by atoms with Crippen molar-refractivity contribution in [1.82, 2.24) is 0 Å². The summed E-state index contributed by atoms with van der Waals surface area (Å²) >= 11 is 0. The average molecular weight is 170 g/mol. The van der Waals surface area contributed by atoms with Gasteiger partial charge in [0.05, 0.1) is 11.7 Å². The molecule has 0 radical (unpaired) electrons. The maximum Gasteiger partial charge on any atom is 0.0933 e. The minimum Gasteiger partial charge on any atom is -0.390 e. The third kappa shape index (κ3) is 1.17. The lowest BCUT2D eigenvalue weighted by Crippen LogP contribution is -2.44. The van der Waals surface area contributed by atoms with Gasteiger partial charge in [-0.1, -0.05) is 19.3 Å². The summed E-state index contributed by atoms with van der Waals surface area (Å²) in [5, 5.41) is 20.0. The summed E-state index contributed by atoms with van der Waals surface area (Å²) in [6.45, 7) is 0. The van der Waals surface area contributed by atoms with Crippen LogP contribution in [0.1, 0.15) is 44.9 Å². The van der Waals surface area contributed by atoms with Crippen LogP contribution in [0.15, 0.2) is 0 Å². The van der Waals surface area contributed by atoms with Crippen molar-refractivity contribution in [2.45, 2.75) is 56.7 Å². The molecule has 2 heteroatoms. The molecule has 0 amide bonds. The van der Waals surface area contributed by atoms with E-state index in [9.17, 15) is 10.2 Å². The van der Waals surface area contributed by atoms with Crippen LogP contribution in [0.2, 0.25) is 0 Å². The lowest BCUT2D eigenvalue weighted by molar-refractivity contribution is -0.0972. The summed E-state index contributed by atoms with van der Waals surface area (Å²) in [5.74, 6) is 0.384. The normalized spacial score (nSPS) is 48.5. The Balaban J connectivity index is 2.17. The Kier molecular flexibility index (Phi) is 2.13. The van der Waals surface area contributed by atoms with Crippen LogP contribution < -0.4 is 0 Å². The number of fused-ring (bicyclic) bond motifs is 1. The first-order valence-corrected chi connectivity index (χ1v) is 5.14. The van der Waals surface area contributed by atoms with Gasteiger partial charge in [0.25, 0.3) is 0 Å². The molecule has 2 aliphatic rings. The Hall–Kier alpha value is -0.0800. The lowest BCUT2D eigenvalue weighted by atomic mass is 9.84. The SMILES string of the molecule is OC1CCCCC2CCCC12O. The summed E-state index contributed by atoms with van der Waals surface area (Å²) < 4.78 is 0. The van der Waals surface area contributed by atoms with Gasteiger partial charge in [0, 0.05) is 0 Å². The second kappa shape index (κ2) is 3.00. The van der Waals surface area contributed by atoms with E-state index in [1.54, 1.807) is 0 Å². The molecule has 3 unspecified atom stereocenters. The van der Waals surface area contributed by atoms with Crippen molar-refractivity contribution in [3.05, 3.63) is 0 Å². The van der Waals surface area contributed by atoms with Crippen molar-refractivity contribution < 1.29 is 10.2 Å². The van der Waals surface area contributed by atoms with Gasteiger partial charge >= 0.3 is 0 Å². The second-order valence-electron chi connectivity index (χ2n) is 4.38. The highest BCUT2D eigenvalue weighted by Crippen LogP contribution is 2.44. The molecule has 0 saturated heterocycles. The largest absolute Gasteiger partial charge is 0.390 e. The van der Waals surface area contributed by atoms with Gasteiger partial charge in [0.2, 0.25) is 0 Å². The fraction of sp³-hybridized carbons (Fsp3) is 1.00. The molecule has 2 N–H and O–H groups in total. The van der Waals surface area contributed by atoms with Gasteiger partial charge in [0.1, 0.15) is 0 Å². The predicted molar refractivity (Wildman–Crippen MR) is 46.8 cm³/mol. The minimum atomic E-state index is -0.712. The molecule has 3 atom stereocenters. The van der Waals surface area contributed by atoms with Gasteiger partial charge in [0.15, 0.2) is 0 Å². The first-order chi connectivity index (χ1) is 5.73. The van der Waals surface area contributed by atoms with Crippen molar-refractivity contribution in [1.29, 1.82) is 0 Å². The summed E-state index contributed by atoms with van der Waals surface area (Å²) in [6, 6.07) is 0. The van der Waals surface area contributed by atoms with Gasteiger partial charge in [-0.3, -0.25) is 0 Å². The number of rotatable bonds is 0. The van der Waals surface area contributed by atoms with E-state index in [1.807, 2.05) is 0 Å². The Morgan fingerprint density at radius 3 is 2.50 bits per heavy atom. The summed E-state index contributed by atoms with van der Waals surface area (Å²) in [7, 11) is 0. The first kappa shape index (κ1) is 8.52. The van der Waals surface area contributed by atoms with E-state index < -0.39 is 11.7 Å². The van der Waals surface area contributed by atoms with E-state index in [4.69, 9.17) is 0 Å². The highest BCUT2D eigenvalue weighted by molar-refractivity contribution is 4.98. The van der Waals surface area contributed by atoms with Gasteiger partial charge in [-0.05, 0) is 31.6 Å². The average Bonchev–Trinajstić information content (AvgIpc) is 2.37. The van der Waals surface area contributed by atoms with E-state index in [1.165, 1.54) is 6.42 Å². The Labute approximate surface area is 73.6 Å². The van der Waals surface area contributed by atoms with Gasteiger partial charge < -0.3 is 10.2 Å². The van der Waals surface area contributed by atoms with Crippen LogP contribution in [0.4, 0.5) is 0 Å². The molecule has 2 rings (SSSR count). The number of aliphatic hydroxyl groups is 2. The third-order valence-electron chi connectivity index (χ3n) is 3.69. The summed E-state index contributed by atoms with van der Waals surface area (Å²) in [6.07, 6.45) is 6.77. The zero-order chi connectivity index (χ0) is 8.60. The number of aliphatic hydroxyl groups excluding tert-OH is 1. The zero-order valence-corrected chi connectivity index (χ0v) is 7.50. The molecule has 0 aromatic rings. The van der Waals surface area contributed by atoms with Crippen molar-refractivity contribution in [3.8, 4) is 0 Å². The number of hydrogen-bond donors (Lipinski definition) is 2. The molecular weight excluding hydrogens is 152 g/mol. The highest BCUT2D eigenvalue weighted by Gasteiger charge is 2.46. The van der Waals surface area contributed by atoms with Crippen LogP contribution in [-0.4, -0.2) is 21.9 Å². The predicted octanol–water partition coefficient (Wildman–Crippen LogP) is 1.45. The molecule has 70 valence electrons. The molecule has 2 nitrogen and oxygen atoms in total. The standard InChI is InChI=1S/C10H18O2/c11-9-6-2-1-4-8-5-3-7-10(8,9)12/h8-9,11-12H,1-7H2. The molecular formula is C10H18O2. The molecule has 0 aliphatic heterocycles. The first-order valence-electron chi connectivity index (χ1n) is 5.14. The van der Waals surface area contributed by atoms with Crippen LogP contribution in [0.25, 0.3) is 0 Å². The van der Waals surface area contributed by atoms with E-state index in [0.29, 0.717) is 5.92 Å². The van der Waals surface area contributed by atoms with Crippen LogP contribution in [0.5, 0.6) is 0 Å². The monoisotopic (exact) mass is 170 g/mol. The van der Waals surface area contributed by atoms with E-state index in [2.05, 4.69) is 0 Å². The third-order valence-corrected chi connectivity index (χ3v) is 3.69. The van der Waals surface area contributed by atoms with Crippen molar-refractivity contribution in [2.75, 3.05) is 0 Å². The van der Waals surface area contributed by atoms with Crippen molar-refractivity contribution in [3.63, 3.8) is 0 Å². The molecule has 2 aliphatic carbocycles. The molecule has 0 heterocycles. The second-order valence-corrected chi connectivity index (χ2v) is 4.38. The fourth-order valence-corrected chi connectivity index (χ4v) is 2.90. The fourth-order valence-electron chi connectivity index (χ4n) is 2.90. The molecule has 0 aromatic heterocycles. The minimum absolute atomic E-state index is 0.384. The molecule has 0 bridgehead atoms. The van der Waals surface area contributed by atoms with E-state index in [0.717, 1.165) is 38.5 Å². The quantitative estimate of drug-likeness (QED) is 0.577. The van der Waals surface area contributed by atoms with Crippen molar-refractivity contribution >= 4 is 0 Å². The topological polar surface area (TPSA) is 40.5 Å². The Morgan fingerprint density at radius 2 is 1.67 bits per heavy atom. The maximum atomic E-state index is 10.2. The zero-order valence-electron chi connectivity index (χ0n) is 7.50. The summed E-state index contributed by atoms with van der Waals surface area (Å²) in [4.78, 5) is 0. The Bertz CT molecular complexity index is 169. The maximum absolute atomic E-state index is 10.2. The molecule has 0 aromatic carbocycles. The highest BCUT2D eigenvalue weighted by atomic mass is 16.3. The van der Waals surface area contributed by atoms with Crippen LogP contribution in [0.3, 0.4) is 0 Å². The van der Waals surface area contributed by atoms with Crippen LogP contribution in [-0.2, 0) is 0 Å². The van der Waals surface area contributed by atoms with Gasteiger partial charge in [-0.15, -0.1) is 0 Å². The molecule has 0 spiro atoms.